The molecular weight excluding hydrogens is 471 g/mol. The Labute approximate surface area is 197 Å². The molecule has 0 spiro atoms. The van der Waals surface area contributed by atoms with E-state index in [1.807, 2.05) is 0 Å². The zero-order chi connectivity index (χ0) is 24.4. The highest BCUT2D eigenvalue weighted by Gasteiger charge is 2.43. The molecule has 0 bridgehead atoms. The maximum Gasteiger partial charge on any atom is 0.331 e. The summed E-state index contributed by atoms with van der Waals surface area (Å²) < 4.78 is 45.4. The second-order valence-electron chi connectivity index (χ2n) is 8.30. The van der Waals surface area contributed by atoms with Gasteiger partial charge in [-0.05, 0) is 74.1 Å². The maximum absolute atomic E-state index is 13.2. The number of carbonyl (C=O) groups is 2. The number of hydrogen-bond acceptors (Lipinski definition) is 5. The highest BCUT2D eigenvalue weighted by atomic mass is 35.5. The van der Waals surface area contributed by atoms with Crippen LogP contribution in [0.3, 0.4) is 0 Å². The van der Waals surface area contributed by atoms with Crippen molar-refractivity contribution >= 4 is 39.2 Å². The molecule has 1 amide bonds. The molecular formula is C23H26ClFN2O5S. The molecule has 2 aromatic carbocycles. The number of amides is 1. The van der Waals surface area contributed by atoms with Crippen LogP contribution in [0.2, 0.25) is 5.02 Å². The first-order chi connectivity index (χ1) is 15.5. The molecule has 0 heterocycles. The van der Waals surface area contributed by atoms with Crippen molar-refractivity contribution in [3.63, 3.8) is 0 Å². The molecule has 0 radical (unpaired) electrons. The summed E-state index contributed by atoms with van der Waals surface area (Å²) in [5.74, 6) is -1.29. The Morgan fingerprint density at radius 3 is 2.33 bits per heavy atom. The van der Waals surface area contributed by atoms with Crippen LogP contribution in [0.5, 0.6) is 0 Å². The summed E-state index contributed by atoms with van der Waals surface area (Å²) >= 11 is 6.23. The van der Waals surface area contributed by atoms with Gasteiger partial charge in [0.05, 0.1) is 28.3 Å². The summed E-state index contributed by atoms with van der Waals surface area (Å²) in [5, 5.41) is 2.80. The minimum atomic E-state index is -4.07. The van der Waals surface area contributed by atoms with Crippen LogP contribution < -0.4 is 9.62 Å². The fourth-order valence-electron chi connectivity index (χ4n) is 3.90. The van der Waals surface area contributed by atoms with Gasteiger partial charge < -0.3 is 10.1 Å². The van der Waals surface area contributed by atoms with Gasteiger partial charge in [0.1, 0.15) is 11.4 Å². The smallest absolute Gasteiger partial charge is 0.331 e. The van der Waals surface area contributed by atoms with Crippen LogP contribution >= 0.6 is 11.6 Å². The van der Waals surface area contributed by atoms with Gasteiger partial charge >= 0.3 is 5.97 Å². The van der Waals surface area contributed by atoms with Gasteiger partial charge in [-0.3, -0.25) is 9.10 Å². The number of hydrogen-bond donors (Lipinski definition) is 1. The van der Waals surface area contributed by atoms with E-state index in [9.17, 15) is 22.4 Å². The Balaban J connectivity index is 1.92. The van der Waals surface area contributed by atoms with Crippen molar-refractivity contribution in [1.29, 1.82) is 0 Å². The number of carbonyl (C=O) groups excluding carboxylic acids is 2. The molecule has 178 valence electrons. The molecule has 1 fully saturated rings. The number of esters is 1. The normalized spacial score (nSPS) is 20.7. The molecule has 0 aliphatic heterocycles. The monoisotopic (exact) mass is 496 g/mol. The number of ether oxygens (including phenoxy) is 1. The van der Waals surface area contributed by atoms with Crippen molar-refractivity contribution in [2.24, 2.45) is 5.92 Å². The Morgan fingerprint density at radius 1 is 1.15 bits per heavy atom. The molecule has 7 nitrogen and oxygen atoms in total. The van der Waals surface area contributed by atoms with E-state index < -0.39 is 33.3 Å². The third kappa shape index (κ3) is 5.14. The fraction of sp³-hybridized carbons (Fsp3) is 0.391. The molecule has 0 unspecified atom stereocenters. The minimum Gasteiger partial charge on any atom is -0.467 e. The van der Waals surface area contributed by atoms with Crippen molar-refractivity contribution in [3.8, 4) is 0 Å². The predicted octanol–water partition coefficient (Wildman–Crippen LogP) is 4.16. The molecule has 0 atom stereocenters. The Hall–Kier alpha value is -2.65. The van der Waals surface area contributed by atoms with Crippen molar-refractivity contribution in [2.75, 3.05) is 18.5 Å². The highest BCUT2D eigenvalue weighted by molar-refractivity contribution is 7.92. The van der Waals surface area contributed by atoms with Crippen molar-refractivity contribution in [1.82, 2.24) is 5.32 Å². The van der Waals surface area contributed by atoms with Crippen LogP contribution in [0.15, 0.2) is 47.4 Å². The summed E-state index contributed by atoms with van der Waals surface area (Å²) in [5.41, 5.74) is -1.02. The topological polar surface area (TPSA) is 92.8 Å². The second kappa shape index (κ2) is 9.69. The lowest BCUT2D eigenvalue weighted by Gasteiger charge is -2.37. The Bertz CT molecular complexity index is 1150. The molecule has 33 heavy (non-hydrogen) atoms. The first-order valence-electron chi connectivity index (χ1n) is 10.4. The zero-order valence-electron chi connectivity index (χ0n) is 18.6. The summed E-state index contributed by atoms with van der Waals surface area (Å²) in [6, 6.07) is 8.74. The number of halogens is 2. The van der Waals surface area contributed by atoms with Gasteiger partial charge in [-0.25, -0.2) is 17.6 Å². The van der Waals surface area contributed by atoms with Crippen LogP contribution in [0.4, 0.5) is 10.1 Å². The lowest BCUT2D eigenvalue weighted by atomic mass is 9.77. The van der Waals surface area contributed by atoms with E-state index in [0.717, 1.165) is 29.3 Å². The number of anilines is 1. The average molecular weight is 497 g/mol. The number of sulfonamides is 1. The van der Waals surface area contributed by atoms with Crippen LogP contribution in [0.1, 0.15) is 43.0 Å². The second-order valence-corrected chi connectivity index (χ2v) is 10.7. The van der Waals surface area contributed by atoms with Crippen LogP contribution in [-0.2, 0) is 19.6 Å². The number of methoxy groups -OCH3 is 1. The largest absolute Gasteiger partial charge is 0.467 e. The Kier molecular flexibility index (Phi) is 7.33. The molecule has 2 aromatic rings. The SMILES string of the molecule is COC(=O)C1(NC(=O)c2cc(S(=O)(=O)N(C)c3ccc(F)cc3)ccc2Cl)CCC(C)CC1. The molecule has 1 aliphatic rings. The van der Waals surface area contributed by atoms with Crippen molar-refractivity contribution in [2.45, 2.75) is 43.0 Å². The number of nitrogens with one attached hydrogen (secondary N) is 1. The van der Waals surface area contributed by atoms with Gasteiger partial charge in [0, 0.05) is 7.05 Å². The zero-order valence-corrected chi connectivity index (χ0v) is 20.2. The van der Waals surface area contributed by atoms with Crippen LogP contribution in [-0.4, -0.2) is 40.0 Å². The van der Waals surface area contributed by atoms with E-state index in [0.29, 0.717) is 18.8 Å². The third-order valence-corrected chi connectivity index (χ3v) is 8.20. The summed E-state index contributed by atoms with van der Waals surface area (Å²) in [6.07, 6.45) is 2.30. The lowest BCUT2D eigenvalue weighted by molar-refractivity contribution is -0.150. The minimum absolute atomic E-state index is 0.0417. The number of benzene rings is 2. The quantitative estimate of drug-likeness (QED) is 0.606. The summed E-state index contributed by atoms with van der Waals surface area (Å²) in [4.78, 5) is 25.5. The van der Waals surface area contributed by atoms with Gasteiger partial charge in [-0.1, -0.05) is 18.5 Å². The Morgan fingerprint density at radius 2 is 1.76 bits per heavy atom. The standard InChI is InChI=1S/C23H26ClFN2O5S/c1-15-10-12-23(13-11-15,22(29)32-3)26-21(28)19-14-18(8-9-20(19)24)33(30,31)27(2)17-6-4-16(25)5-7-17/h4-9,14-15H,10-13H2,1-3H3,(H,26,28). The number of nitrogens with zero attached hydrogens (tertiary/aromatic N) is 1. The van der Waals surface area contributed by atoms with E-state index in [-0.39, 0.29) is 21.2 Å². The molecule has 1 aliphatic carbocycles. The van der Waals surface area contributed by atoms with Gasteiger partial charge in [-0.15, -0.1) is 0 Å². The highest BCUT2D eigenvalue weighted by Crippen LogP contribution is 2.34. The molecule has 10 heteroatoms. The molecule has 3 rings (SSSR count). The van der Waals surface area contributed by atoms with E-state index in [4.69, 9.17) is 16.3 Å². The van der Waals surface area contributed by atoms with Crippen LogP contribution in [0.25, 0.3) is 0 Å². The van der Waals surface area contributed by atoms with E-state index in [2.05, 4.69) is 12.2 Å². The maximum atomic E-state index is 13.2. The summed E-state index contributed by atoms with van der Waals surface area (Å²) in [7, 11) is -1.48. The predicted molar refractivity (Wildman–Crippen MR) is 123 cm³/mol. The van der Waals surface area contributed by atoms with Gasteiger partial charge in [-0.2, -0.15) is 0 Å². The van der Waals surface area contributed by atoms with E-state index in [1.165, 1.54) is 44.5 Å². The van der Waals surface area contributed by atoms with Crippen LogP contribution in [0, 0.1) is 11.7 Å². The molecule has 1 saturated carbocycles. The molecule has 1 N–H and O–H groups in total. The van der Waals surface area contributed by atoms with Gasteiger partial charge in [0.2, 0.25) is 0 Å². The fourth-order valence-corrected chi connectivity index (χ4v) is 5.33. The summed E-state index contributed by atoms with van der Waals surface area (Å²) in [6.45, 7) is 2.08. The van der Waals surface area contributed by atoms with Gasteiger partial charge in [0.15, 0.2) is 0 Å². The van der Waals surface area contributed by atoms with E-state index >= 15 is 0 Å². The van der Waals surface area contributed by atoms with Crippen molar-refractivity contribution < 1.29 is 27.1 Å². The van der Waals surface area contributed by atoms with Gasteiger partial charge in [0.25, 0.3) is 15.9 Å². The first-order valence-corrected chi connectivity index (χ1v) is 12.3. The van der Waals surface area contributed by atoms with E-state index in [1.54, 1.807) is 0 Å². The third-order valence-electron chi connectivity index (χ3n) is 6.09. The molecule has 0 aromatic heterocycles. The lowest BCUT2D eigenvalue weighted by Crippen LogP contribution is -2.56. The molecule has 0 saturated heterocycles. The van der Waals surface area contributed by atoms with Crippen molar-refractivity contribution in [3.05, 3.63) is 58.9 Å². The first kappa shape index (κ1) is 25.0. The number of rotatable bonds is 6. The average Bonchev–Trinajstić information content (AvgIpc) is 2.80.